The molecule has 3 rings (SSSR count). The average molecular weight is 378 g/mol. The lowest BCUT2D eigenvalue weighted by molar-refractivity contribution is -0.384. The van der Waals surface area contributed by atoms with E-state index < -0.39 is 10.7 Å². The van der Waals surface area contributed by atoms with Gasteiger partial charge in [-0.25, -0.2) is 4.39 Å². The molecule has 8 heteroatoms. The van der Waals surface area contributed by atoms with E-state index >= 15 is 0 Å². The highest BCUT2D eigenvalue weighted by molar-refractivity contribution is 6.30. The number of nitro benzene ring substituents is 1. The molecule has 2 aromatic carbocycles. The summed E-state index contributed by atoms with van der Waals surface area (Å²) in [5, 5.41) is 13.9. The molecule has 0 saturated carbocycles. The summed E-state index contributed by atoms with van der Waals surface area (Å²) in [5.74, 6) is -1.00. The lowest BCUT2D eigenvalue weighted by Crippen LogP contribution is -2.38. The quantitative estimate of drug-likeness (QED) is 0.638. The maximum absolute atomic E-state index is 13.5. The van der Waals surface area contributed by atoms with Crippen LogP contribution in [0.25, 0.3) is 0 Å². The first-order valence-corrected chi connectivity index (χ1v) is 8.58. The van der Waals surface area contributed by atoms with Crippen molar-refractivity contribution in [3.63, 3.8) is 0 Å². The molecule has 1 heterocycles. The van der Waals surface area contributed by atoms with E-state index in [2.05, 4.69) is 5.32 Å². The molecule has 0 spiro atoms. The molecule has 0 aliphatic carbocycles. The number of hydrogen-bond donors (Lipinski definition) is 1. The standard InChI is InChI=1S/C18H17ClFN3O3/c19-14-6-5-13(11-15(14)20)21-18(24)12-7-9-22(10-8-12)16-3-1-2-4-17(16)23(25)26/h1-6,11-12H,7-10H2,(H,21,24). The minimum absolute atomic E-state index is 0.000706. The van der Waals surface area contributed by atoms with Crippen LogP contribution >= 0.6 is 11.6 Å². The van der Waals surface area contributed by atoms with E-state index in [1.165, 1.54) is 18.2 Å². The van der Waals surface area contributed by atoms with Gasteiger partial charge in [-0.1, -0.05) is 23.7 Å². The van der Waals surface area contributed by atoms with E-state index in [4.69, 9.17) is 11.6 Å². The van der Waals surface area contributed by atoms with Gasteiger partial charge in [-0.2, -0.15) is 0 Å². The fourth-order valence-corrected chi connectivity index (χ4v) is 3.20. The molecule has 1 N–H and O–H groups in total. The second-order valence-corrected chi connectivity index (χ2v) is 6.53. The zero-order chi connectivity index (χ0) is 18.7. The third-order valence-corrected chi connectivity index (χ3v) is 4.78. The number of amides is 1. The van der Waals surface area contributed by atoms with Crippen LogP contribution < -0.4 is 10.2 Å². The third-order valence-electron chi connectivity index (χ3n) is 4.47. The van der Waals surface area contributed by atoms with Crippen molar-refractivity contribution in [2.45, 2.75) is 12.8 Å². The summed E-state index contributed by atoms with van der Waals surface area (Å²) in [7, 11) is 0. The Kier molecular flexibility index (Phi) is 5.37. The maximum Gasteiger partial charge on any atom is 0.292 e. The van der Waals surface area contributed by atoms with Crippen molar-refractivity contribution in [3.05, 3.63) is 63.4 Å². The van der Waals surface area contributed by atoms with Crippen LogP contribution in [-0.2, 0) is 4.79 Å². The summed E-state index contributed by atoms with van der Waals surface area (Å²) in [6.45, 7) is 1.08. The zero-order valence-electron chi connectivity index (χ0n) is 13.8. The minimum atomic E-state index is -0.587. The average Bonchev–Trinajstić information content (AvgIpc) is 2.65. The molecule has 0 radical (unpaired) electrons. The fourth-order valence-electron chi connectivity index (χ4n) is 3.09. The van der Waals surface area contributed by atoms with Gasteiger partial charge in [0.05, 0.1) is 9.95 Å². The van der Waals surface area contributed by atoms with Crippen molar-refractivity contribution in [1.29, 1.82) is 0 Å². The fraction of sp³-hybridized carbons (Fsp3) is 0.278. The van der Waals surface area contributed by atoms with Crippen LogP contribution in [0.15, 0.2) is 42.5 Å². The molecule has 0 atom stereocenters. The number of anilines is 2. The van der Waals surface area contributed by atoms with E-state index in [0.717, 1.165) is 0 Å². The molecular weight excluding hydrogens is 361 g/mol. The smallest absolute Gasteiger partial charge is 0.292 e. The Bertz CT molecular complexity index is 838. The number of halogens is 2. The van der Waals surface area contributed by atoms with Gasteiger partial charge in [-0.3, -0.25) is 14.9 Å². The number of carbonyl (C=O) groups is 1. The van der Waals surface area contributed by atoms with Gasteiger partial charge in [0, 0.05) is 30.8 Å². The summed E-state index contributed by atoms with van der Waals surface area (Å²) >= 11 is 5.63. The third kappa shape index (κ3) is 3.94. The number of para-hydroxylation sites is 2. The predicted octanol–water partition coefficient (Wildman–Crippen LogP) is 4.24. The summed E-state index contributed by atoms with van der Waals surface area (Å²) in [4.78, 5) is 25.1. The lowest BCUT2D eigenvalue weighted by Gasteiger charge is -2.32. The molecule has 0 unspecified atom stereocenters. The Hall–Kier alpha value is -2.67. The van der Waals surface area contributed by atoms with Crippen LogP contribution in [-0.4, -0.2) is 23.9 Å². The van der Waals surface area contributed by atoms with Crippen molar-refractivity contribution < 1.29 is 14.1 Å². The first kappa shape index (κ1) is 18.1. The Morgan fingerprint density at radius 2 is 1.92 bits per heavy atom. The molecule has 1 aliphatic rings. The van der Waals surface area contributed by atoms with Crippen LogP contribution in [0.5, 0.6) is 0 Å². The summed E-state index contributed by atoms with van der Waals surface area (Å²) in [6, 6.07) is 10.7. The maximum atomic E-state index is 13.5. The van der Waals surface area contributed by atoms with Crippen molar-refractivity contribution in [2.75, 3.05) is 23.3 Å². The normalized spacial score (nSPS) is 14.9. The Morgan fingerprint density at radius 3 is 2.58 bits per heavy atom. The largest absolute Gasteiger partial charge is 0.366 e. The SMILES string of the molecule is O=C(Nc1ccc(Cl)c(F)c1)C1CCN(c2ccccc2[N+](=O)[O-])CC1. The first-order valence-electron chi connectivity index (χ1n) is 8.20. The van der Waals surface area contributed by atoms with Crippen molar-refractivity contribution in [3.8, 4) is 0 Å². The molecule has 1 amide bonds. The van der Waals surface area contributed by atoms with E-state index in [9.17, 15) is 19.3 Å². The number of nitro groups is 1. The first-order chi connectivity index (χ1) is 12.5. The van der Waals surface area contributed by atoms with Gasteiger partial charge < -0.3 is 10.2 Å². The molecule has 2 aromatic rings. The summed E-state index contributed by atoms with van der Waals surface area (Å²) < 4.78 is 13.5. The monoisotopic (exact) mass is 377 g/mol. The highest BCUT2D eigenvalue weighted by Crippen LogP contribution is 2.31. The van der Waals surface area contributed by atoms with Crippen molar-refractivity contribution in [2.24, 2.45) is 5.92 Å². The summed E-state index contributed by atoms with van der Waals surface area (Å²) in [6.07, 6.45) is 1.13. The number of piperidine rings is 1. The van der Waals surface area contributed by atoms with Gasteiger partial charge in [0.2, 0.25) is 5.91 Å². The Labute approximate surface area is 154 Å². The minimum Gasteiger partial charge on any atom is -0.366 e. The van der Waals surface area contributed by atoms with E-state index in [0.29, 0.717) is 37.3 Å². The number of nitrogens with zero attached hydrogens (tertiary/aromatic N) is 2. The van der Waals surface area contributed by atoms with Crippen LogP contribution in [0.3, 0.4) is 0 Å². The van der Waals surface area contributed by atoms with Crippen molar-refractivity contribution >= 4 is 34.6 Å². The zero-order valence-corrected chi connectivity index (χ0v) is 14.6. The van der Waals surface area contributed by atoms with Gasteiger partial charge in [-0.05, 0) is 37.1 Å². The molecule has 1 saturated heterocycles. The van der Waals surface area contributed by atoms with E-state index in [1.807, 2.05) is 4.90 Å². The van der Waals surface area contributed by atoms with Gasteiger partial charge in [0.25, 0.3) is 5.69 Å². The molecule has 1 aliphatic heterocycles. The predicted molar refractivity (Wildman–Crippen MR) is 98.1 cm³/mol. The molecule has 26 heavy (non-hydrogen) atoms. The van der Waals surface area contributed by atoms with E-state index in [1.54, 1.807) is 24.3 Å². The topological polar surface area (TPSA) is 75.5 Å². The molecule has 0 bridgehead atoms. The highest BCUT2D eigenvalue weighted by atomic mass is 35.5. The lowest BCUT2D eigenvalue weighted by atomic mass is 9.95. The molecule has 0 aromatic heterocycles. The second kappa shape index (κ2) is 7.70. The number of hydrogen-bond acceptors (Lipinski definition) is 4. The number of carbonyl (C=O) groups excluding carboxylic acids is 1. The second-order valence-electron chi connectivity index (χ2n) is 6.13. The van der Waals surface area contributed by atoms with Crippen molar-refractivity contribution in [1.82, 2.24) is 0 Å². The number of rotatable bonds is 4. The summed E-state index contributed by atoms with van der Waals surface area (Å²) in [5.41, 5.74) is 0.987. The van der Waals surface area contributed by atoms with Crippen LogP contribution in [0, 0.1) is 21.8 Å². The molecular formula is C18H17ClFN3O3. The number of nitrogens with one attached hydrogen (secondary N) is 1. The van der Waals surface area contributed by atoms with E-state index in [-0.39, 0.29) is 22.5 Å². The molecule has 1 fully saturated rings. The van der Waals surface area contributed by atoms with Crippen LogP contribution in [0.2, 0.25) is 5.02 Å². The van der Waals surface area contributed by atoms with Gasteiger partial charge in [0.15, 0.2) is 0 Å². The van der Waals surface area contributed by atoms with Gasteiger partial charge >= 0.3 is 0 Å². The Morgan fingerprint density at radius 1 is 1.23 bits per heavy atom. The number of benzene rings is 2. The van der Waals surface area contributed by atoms with Crippen LogP contribution in [0.1, 0.15) is 12.8 Å². The Balaban J connectivity index is 1.62. The van der Waals surface area contributed by atoms with Crippen LogP contribution in [0.4, 0.5) is 21.5 Å². The van der Waals surface area contributed by atoms with Gasteiger partial charge in [0.1, 0.15) is 11.5 Å². The van der Waals surface area contributed by atoms with Gasteiger partial charge in [-0.15, -0.1) is 0 Å². The molecule has 136 valence electrons. The molecule has 6 nitrogen and oxygen atoms in total. The highest BCUT2D eigenvalue weighted by Gasteiger charge is 2.28.